The maximum Gasteiger partial charge on any atom is 0.416 e. The molecule has 5 nitrogen and oxygen atoms in total. The Balaban J connectivity index is 1.33. The summed E-state index contributed by atoms with van der Waals surface area (Å²) in [4.78, 5) is 12.1. The minimum atomic E-state index is -4.45. The smallest absolute Gasteiger partial charge is 0.416 e. The number of carbonyl (C=O) groups is 1. The average Bonchev–Trinajstić information content (AvgIpc) is 2.87. The Morgan fingerprint density at radius 3 is 2.41 bits per heavy atom. The number of alkyl halides is 3. The molecule has 0 aliphatic heterocycles. The first-order chi connectivity index (χ1) is 17.7. The summed E-state index contributed by atoms with van der Waals surface area (Å²) in [6, 6.07) is 22.7. The standard InChI is InChI=1S/C27H20F3I2N3O2/c28-27(29,30)20-8-4-9-21(13-20)33-15-25(36)35-34-14-17-11-23(31)26(24(32)12-17)37-16-19-7-3-6-18-5-1-2-10-22(18)19/h1-14,33H,15-16H2,(H,35,36)/b34-14-. The highest BCUT2D eigenvalue weighted by Gasteiger charge is 2.30. The molecule has 0 unspecified atom stereocenters. The fraction of sp³-hybridized carbons (Fsp3) is 0.111. The quantitative estimate of drug-likeness (QED) is 0.115. The van der Waals surface area contributed by atoms with E-state index < -0.39 is 17.6 Å². The van der Waals surface area contributed by atoms with E-state index >= 15 is 0 Å². The SMILES string of the molecule is O=C(CNc1cccc(C(F)(F)F)c1)N/N=C\c1cc(I)c(OCc2cccc3ccccc23)c(I)c1. The predicted octanol–water partition coefficient (Wildman–Crippen LogP) is 7.21. The second kappa shape index (κ2) is 12.1. The zero-order valence-electron chi connectivity index (χ0n) is 19.2. The molecule has 4 rings (SSSR count). The minimum Gasteiger partial charge on any atom is -0.487 e. The summed E-state index contributed by atoms with van der Waals surface area (Å²) >= 11 is 4.39. The van der Waals surface area contributed by atoms with Gasteiger partial charge >= 0.3 is 6.18 Å². The summed E-state index contributed by atoms with van der Waals surface area (Å²) < 4.78 is 46.4. The number of amides is 1. The van der Waals surface area contributed by atoms with Crippen LogP contribution in [0.1, 0.15) is 16.7 Å². The number of nitrogens with one attached hydrogen (secondary N) is 2. The van der Waals surface area contributed by atoms with Gasteiger partial charge in [-0.2, -0.15) is 18.3 Å². The Kier molecular flexibility index (Phi) is 8.90. The first-order valence-electron chi connectivity index (χ1n) is 11.0. The molecule has 1 amide bonds. The van der Waals surface area contributed by atoms with Gasteiger partial charge in [-0.25, -0.2) is 5.43 Å². The van der Waals surface area contributed by atoms with Crippen molar-refractivity contribution in [3.05, 3.63) is 103 Å². The van der Waals surface area contributed by atoms with Gasteiger partial charge in [0.15, 0.2) is 0 Å². The van der Waals surface area contributed by atoms with Crippen molar-refractivity contribution < 1.29 is 22.7 Å². The van der Waals surface area contributed by atoms with Gasteiger partial charge < -0.3 is 10.1 Å². The summed E-state index contributed by atoms with van der Waals surface area (Å²) in [6.45, 7) is 0.199. The van der Waals surface area contributed by atoms with Gasteiger partial charge in [-0.05, 0) is 97.4 Å². The lowest BCUT2D eigenvalue weighted by molar-refractivity contribution is -0.137. The second-order valence-corrected chi connectivity index (χ2v) is 10.3. The first kappa shape index (κ1) is 27.2. The van der Waals surface area contributed by atoms with E-state index in [0.29, 0.717) is 6.61 Å². The molecule has 190 valence electrons. The Morgan fingerprint density at radius 1 is 0.946 bits per heavy atom. The molecule has 10 heteroatoms. The summed E-state index contributed by atoms with van der Waals surface area (Å²) in [5.74, 6) is 0.272. The van der Waals surface area contributed by atoms with E-state index in [0.717, 1.165) is 46.9 Å². The molecule has 0 fully saturated rings. The van der Waals surface area contributed by atoms with Crippen molar-refractivity contribution in [1.29, 1.82) is 0 Å². The van der Waals surface area contributed by atoms with E-state index in [1.807, 2.05) is 36.4 Å². The van der Waals surface area contributed by atoms with Crippen molar-refractivity contribution in [1.82, 2.24) is 5.43 Å². The molecular weight excluding hydrogens is 709 g/mol. The lowest BCUT2D eigenvalue weighted by Crippen LogP contribution is -2.26. The van der Waals surface area contributed by atoms with Gasteiger partial charge in [-0.3, -0.25) is 4.79 Å². The molecule has 0 aliphatic carbocycles. The maximum absolute atomic E-state index is 12.8. The molecule has 4 aromatic carbocycles. The molecule has 0 atom stereocenters. The van der Waals surface area contributed by atoms with Crippen LogP contribution in [-0.4, -0.2) is 18.7 Å². The van der Waals surface area contributed by atoms with Crippen LogP contribution in [0.15, 0.2) is 84.0 Å². The lowest BCUT2D eigenvalue weighted by Gasteiger charge is -2.13. The summed E-state index contributed by atoms with van der Waals surface area (Å²) in [7, 11) is 0. The van der Waals surface area contributed by atoms with Crippen LogP contribution in [0.2, 0.25) is 0 Å². The number of halogens is 5. The molecule has 0 spiro atoms. The van der Waals surface area contributed by atoms with Crippen molar-refractivity contribution in [2.75, 3.05) is 11.9 Å². The van der Waals surface area contributed by atoms with Crippen molar-refractivity contribution in [2.24, 2.45) is 5.10 Å². The molecule has 0 aromatic heterocycles. The number of benzene rings is 4. The molecule has 2 N–H and O–H groups in total. The number of hydrogen-bond donors (Lipinski definition) is 2. The molecule has 0 bridgehead atoms. The van der Waals surface area contributed by atoms with E-state index in [1.165, 1.54) is 18.3 Å². The molecule has 4 aromatic rings. The summed E-state index contributed by atoms with van der Waals surface area (Å²) in [5.41, 5.74) is 3.63. The van der Waals surface area contributed by atoms with Crippen LogP contribution in [-0.2, 0) is 17.6 Å². The summed E-state index contributed by atoms with van der Waals surface area (Å²) in [5, 5.41) is 8.93. The first-order valence-corrected chi connectivity index (χ1v) is 13.2. The Bertz CT molecular complexity index is 1430. The molecule has 37 heavy (non-hydrogen) atoms. The van der Waals surface area contributed by atoms with Gasteiger partial charge in [0, 0.05) is 5.69 Å². The van der Waals surface area contributed by atoms with Gasteiger partial charge in [-0.1, -0.05) is 48.5 Å². The van der Waals surface area contributed by atoms with Gasteiger partial charge in [-0.15, -0.1) is 0 Å². The Labute approximate surface area is 238 Å². The van der Waals surface area contributed by atoms with Crippen LogP contribution in [0, 0.1) is 7.14 Å². The predicted molar refractivity (Wildman–Crippen MR) is 156 cm³/mol. The zero-order valence-corrected chi connectivity index (χ0v) is 23.5. The van der Waals surface area contributed by atoms with Gasteiger partial charge in [0.1, 0.15) is 12.4 Å². The molecule has 0 saturated heterocycles. The van der Waals surface area contributed by atoms with Crippen LogP contribution in [0.4, 0.5) is 18.9 Å². The van der Waals surface area contributed by atoms with Crippen LogP contribution in [0.3, 0.4) is 0 Å². The van der Waals surface area contributed by atoms with Gasteiger partial charge in [0.2, 0.25) is 0 Å². The highest BCUT2D eigenvalue weighted by Crippen LogP contribution is 2.31. The highest BCUT2D eigenvalue weighted by molar-refractivity contribution is 14.1. The third-order valence-corrected chi connectivity index (χ3v) is 6.92. The fourth-order valence-corrected chi connectivity index (χ4v) is 5.69. The van der Waals surface area contributed by atoms with Gasteiger partial charge in [0.25, 0.3) is 5.91 Å². The van der Waals surface area contributed by atoms with Crippen LogP contribution in [0.25, 0.3) is 10.8 Å². The second-order valence-electron chi connectivity index (χ2n) is 7.97. The van der Waals surface area contributed by atoms with Crippen LogP contribution >= 0.6 is 45.2 Å². The number of ether oxygens (including phenoxy) is 1. The van der Waals surface area contributed by atoms with E-state index in [9.17, 15) is 18.0 Å². The number of carbonyl (C=O) groups excluding carboxylic acids is 1. The third-order valence-electron chi connectivity index (χ3n) is 5.32. The number of hydrogen-bond acceptors (Lipinski definition) is 4. The minimum absolute atomic E-state index is 0.192. The van der Waals surface area contributed by atoms with E-state index in [4.69, 9.17) is 4.74 Å². The Hall–Kier alpha value is -2.87. The van der Waals surface area contributed by atoms with Crippen molar-refractivity contribution in [3.8, 4) is 5.75 Å². The number of rotatable bonds is 8. The van der Waals surface area contributed by atoms with Crippen molar-refractivity contribution in [3.63, 3.8) is 0 Å². The van der Waals surface area contributed by atoms with Crippen LogP contribution in [0.5, 0.6) is 5.75 Å². The maximum atomic E-state index is 12.8. The topological polar surface area (TPSA) is 62.7 Å². The number of nitrogens with zero attached hydrogens (tertiary/aromatic N) is 1. The van der Waals surface area contributed by atoms with Crippen LogP contribution < -0.4 is 15.5 Å². The lowest BCUT2D eigenvalue weighted by atomic mass is 10.1. The monoisotopic (exact) mass is 729 g/mol. The van der Waals surface area contributed by atoms with Gasteiger partial charge in [0.05, 0.1) is 25.5 Å². The number of anilines is 1. The average molecular weight is 729 g/mol. The van der Waals surface area contributed by atoms with Crippen molar-refractivity contribution >= 4 is 73.8 Å². The number of fused-ring (bicyclic) bond motifs is 1. The third kappa shape index (κ3) is 7.34. The highest BCUT2D eigenvalue weighted by atomic mass is 127. The van der Waals surface area contributed by atoms with E-state index in [2.05, 4.69) is 79.2 Å². The van der Waals surface area contributed by atoms with E-state index in [1.54, 1.807) is 0 Å². The zero-order chi connectivity index (χ0) is 26.4. The number of hydrazone groups is 1. The molecule has 0 aliphatic rings. The fourth-order valence-electron chi connectivity index (χ4n) is 3.57. The summed E-state index contributed by atoms with van der Waals surface area (Å²) in [6.07, 6.45) is -2.95. The molecule has 0 heterocycles. The van der Waals surface area contributed by atoms with Crippen molar-refractivity contribution in [2.45, 2.75) is 12.8 Å². The normalized spacial score (nSPS) is 11.6. The van der Waals surface area contributed by atoms with E-state index in [-0.39, 0.29) is 12.2 Å². The Morgan fingerprint density at radius 2 is 1.65 bits per heavy atom. The molecule has 0 saturated carbocycles. The molecule has 0 radical (unpaired) electrons. The molecular formula is C27H20F3I2N3O2. The largest absolute Gasteiger partial charge is 0.487 e.